The van der Waals surface area contributed by atoms with Crippen molar-refractivity contribution in [1.29, 1.82) is 0 Å². The minimum atomic E-state index is -0.518. The topological polar surface area (TPSA) is 59.8 Å². The molecule has 1 heterocycles. The van der Waals surface area contributed by atoms with Gasteiger partial charge in [0.25, 0.3) is 5.91 Å². The van der Waals surface area contributed by atoms with Crippen LogP contribution in [0.3, 0.4) is 0 Å². The third kappa shape index (κ3) is 4.45. The number of benzene rings is 3. The third-order valence-corrected chi connectivity index (χ3v) is 5.18. The summed E-state index contributed by atoms with van der Waals surface area (Å²) in [6, 6.07) is 18.9. The number of rotatable bonds is 4. The summed E-state index contributed by atoms with van der Waals surface area (Å²) < 4.78 is 1.56. The zero-order chi connectivity index (χ0) is 21.3. The fraction of sp³-hybridized carbons (Fsp3) is 0. The first-order valence-corrected chi connectivity index (χ1v) is 10.2. The lowest BCUT2D eigenvalue weighted by Gasteiger charge is -2.06. The van der Waals surface area contributed by atoms with Crippen molar-refractivity contribution in [3.05, 3.63) is 92.6 Å². The number of carbonyl (C=O) groups is 1. The molecule has 4 aromatic rings. The molecule has 0 fully saturated rings. The average molecular weight is 478 g/mol. The van der Waals surface area contributed by atoms with Crippen molar-refractivity contribution < 1.29 is 4.79 Å². The molecule has 1 N–H and O–H groups in total. The Bertz CT molecular complexity index is 1240. The number of carbonyl (C=O) groups excluding carboxylic acids is 1. The van der Waals surface area contributed by atoms with Crippen molar-refractivity contribution in [3.63, 3.8) is 0 Å². The largest absolute Gasteiger partial charge is 0.318 e. The van der Waals surface area contributed by atoms with Gasteiger partial charge < -0.3 is 5.32 Å². The summed E-state index contributed by atoms with van der Waals surface area (Å²) in [5.74, 6) is -0.103. The van der Waals surface area contributed by atoms with Crippen molar-refractivity contribution in [2.24, 2.45) is 0 Å². The molecule has 0 radical (unpaired) electrons. The fourth-order valence-electron chi connectivity index (χ4n) is 2.75. The van der Waals surface area contributed by atoms with Gasteiger partial charge >= 0.3 is 0 Å². The number of nitrogens with zero attached hydrogens (tertiary/aromatic N) is 3. The Morgan fingerprint density at radius 1 is 0.833 bits per heavy atom. The van der Waals surface area contributed by atoms with E-state index in [4.69, 9.17) is 46.4 Å². The van der Waals surface area contributed by atoms with Gasteiger partial charge in [-0.25, -0.2) is 9.67 Å². The van der Waals surface area contributed by atoms with E-state index in [1.807, 2.05) is 6.07 Å². The predicted molar refractivity (Wildman–Crippen MR) is 121 cm³/mol. The van der Waals surface area contributed by atoms with Crippen molar-refractivity contribution in [2.75, 3.05) is 5.32 Å². The highest BCUT2D eigenvalue weighted by Gasteiger charge is 2.20. The summed E-state index contributed by atoms with van der Waals surface area (Å²) in [7, 11) is 0. The number of halogens is 4. The standard InChI is InChI=1S/C21H12Cl4N4O/c22-13-4-7-16(8-5-13)29-20(12-2-1-3-14(23)10-12)27-19(28-29)21(30)26-18-9-6-15(24)11-17(18)25/h1-11H,(H,26,30). The maximum absolute atomic E-state index is 12.8. The lowest BCUT2D eigenvalue weighted by Crippen LogP contribution is -2.14. The van der Waals surface area contributed by atoms with Crippen molar-refractivity contribution in [3.8, 4) is 17.1 Å². The first kappa shape index (κ1) is 20.7. The summed E-state index contributed by atoms with van der Waals surface area (Å²) in [5.41, 5.74) is 1.79. The molecular weight excluding hydrogens is 466 g/mol. The molecule has 0 spiro atoms. The predicted octanol–water partition coefficient (Wildman–Crippen LogP) is 6.80. The van der Waals surface area contributed by atoms with E-state index in [2.05, 4.69) is 15.4 Å². The zero-order valence-electron chi connectivity index (χ0n) is 15.1. The van der Waals surface area contributed by atoms with E-state index in [1.165, 1.54) is 6.07 Å². The van der Waals surface area contributed by atoms with Gasteiger partial charge in [-0.3, -0.25) is 4.79 Å². The van der Waals surface area contributed by atoms with Crippen LogP contribution >= 0.6 is 46.4 Å². The van der Waals surface area contributed by atoms with Gasteiger partial charge in [-0.15, -0.1) is 5.10 Å². The van der Waals surface area contributed by atoms with Gasteiger partial charge in [-0.2, -0.15) is 0 Å². The van der Waals surface area contributed by atoms with E-state index >= 15 is 0 Å². The van der Waals surface area contributed by atoms with Gasteiger partial charge in [-0.05, 0) is 54.6 Å². The van der Waals surface area contributed by atoms with Crippen LogP contribution in [-0.4, -0.2) is 20.7 Å². The summed E-state index contributed by atoms with van der Waals surface area (Å²) >= 11 is 24.2. The van der Waals surface area contributed by atoms with Crippen LogP contribution in [0.15, 0.2) is 66.7 Å². The van der Waals surface area contributed by atoms with E-state index in [1.54, 1.807) is 59.3 Å². The second-order valence-corrected chi connectivity index (χ2v) is 7.95. The molecule has 5 nitrogen and oxygen atoms in total. The average Bonchev–Trinajstić information content (AvgIpc) is 3.16. The van der Waals surface area contributed by atoms with E-state index in [-0.39, 0.29) is 5.82 Å². The Hall–Kier alpha value is -2.57. The zero-order valence-corrected chi connectivity index (χ0v) is 18.1. The van der Waals surface area contributed by atoms with Crippen LogP contribution in [0.4, 0.5) is 5.69 Å². The van der Waals surface area contributed by atoms with Crippen LogP contribution in [-0.2, 0) is 0 Å². The molecule has 0 saturated heterocycles. The molecule has 0 aliphatic heterocycles. The minimum absolute atomic E-state index is 0.0362. The SMILES string of the molecule is O=C(Nc1ccc(Cl)cc1Cl)c1nc(-c2cccc(Cl)c2)n(-c2ccc(Cl)cc2)n1. The Balaban J connectivity index is 1.76. The second-order valence-electron chi connectivity index (χ2n) is 6.24. The van der Waals surface area contributed by atoms with Crippen molar-refractivity contribution in [2.45, 2.75) is 0 Å². The molecule has 1 aromatic heterocycles. The molecule has 0 atom stereocenters. The number of aromatic nitrogens is 3. The molecule has 150 valence electrons. The molecule has 0 saturated carbocycles. The summed E-state index contributed by atoms with van der Waals surface area (Å²) in [6.45, 7) is 0. The summed E-state index contributed by atoms with van der Waals surface area (Å²) in [5, 5.41) is 8.99. The van der Waals surface area contributed by atoms with E-state index in [9.17, 15) is 4.79 Å². The Morgan fingerprint density at radius 3 is 2.23 bits per heavy atom. The lowest BCUT2D eigenvalue weighted by molar-refractivity contribution is 0.101. The number of hydrogen-bond acceptors (Lipinski definition) is 3. The van der Waals surface area contributed by atoms with Crippen molar-refractivity contribution in [1.82, 2.24) is 14.8 Å². The second kappa shape index (κ2) is 8.66. The third-order valence-electron chi connectivity index (χ3n) is 4.14. The van der Waals surface area contributed by atoms with Gasteiger partial charge in [0.05, 0.1) is 16.4 Å². The molecule has 0 aliphatic rings. The molecule has 4 rings (SSSR count). The van der Waals surface area contributed by atoms with Crippen LogP contribution in [0, 0.1) is 0 Å². The van der Waals surface area contributed by atoms with E-state index in [0.29, 0.717) is 42.9 Å². The highest BCUT2D eigenvalue weighted by atomic mass is 35.5. The van der Waals surface area contributed by atoms with Crippen LogP contribution in [0.1, 0.15) is 10.6 Å². The van der Waals surface area contributed by atoms with E-state index < -0.39 is 5.91 Å². The Labute approximate surface area is 192 Å². The van der Waals surface area contributed by atoms with Gasteiger partial charge in [0, 0.05) is 20.6 Å². The molecule has 30 heavy (non-hydrogen) atoms. The Morgan fingerprint density at radius 2 is 1.53 bits per heavy atom. The summed E-state index contributed by atoms with van der Waals surface area (Å²) in [4.78, 5) is 17.3. The van der Waals surface area contributed by atoms with Crippen LogP contribution < -0.4 is 5.32 Å². The van der Waals surface area contributed by atoms with Crippen LogP contribution in [0.2, 0.25) is 20.1 Å². The number of anilines is 1. The minimum Gasteiger partial charge on any atom is -0.318 e. The molecular formula is C21H12Cl4N4O. The normalized spacial score (nSPS) is 10.8. The monoisotopic (exact) mass is 476 g/mol. The van der Waals surface area contributed by atoms with E-state index in [0.717, 1.165) is 0 Å². The maximum atomic E-state index is 12.8. The van der Waals surface area contributed by atoms with Crippen molar-refractivity contribution >= 4 is 58.0 Å². The molecule has 3 aromatic carbocycles. The molecule has 0 unspecified atom stereocenters. The molecule has 0 bridgehead atoms. The molecule has 0 aliphatic carbocycles. The maximum Gasteiger partial charge on any atom is 0.295 e. The number of hydrogen-bond donors (Lipinski definition) is 1. The number of nitrogens with one attached hydrogen (secondary N) is 1. The first-order valence-electron chi connectivity index (χ1n) is 8.66. The van der Waals surface area contributed by atoms with Gasteiger partial charge in [0.1, 0.15) is 0 Å². The Kier molecular flexibility index (Phi) is 5.97. The first-order chi connectivity index (χ1) is 14.4. The highest BCUT2D eigenvalue weighted by Crippen LogP contribution is 2.27. The van der Waals surface area contributed by atoms with Gasteiger partial charge in [0.15, 0.2) is 5.82 Å². The van der Waals surface area contributed by atoms with Gasteiger partial charge in [0.2, 0.25) is 5.82 Å². The molecule has 1 amide bonds. The van der Waals surface area contributed by atoms with Crippen LogP contribution in [0.25, 0.3) is 17.1 Å². The number of amides is 1. The highest BCUT2D eigenvalue weighted by molar-refractivity contribution is 6.36. The lowest BCUT2D eigenvalue weighted by atomic mass is 10.2. The smallest absolute Gasteiger partial charge is 0.295 e. The fourth-order valence-corrected chi connectivity index (χ4v) is 3.53. The molecule has 9 heteroatoms. The van der Waals surface area contributed by atoms with Crippen LogP contribution in [0.5, 0.6) is 0 Å². The van der Waals surface area contributed by atoms with Gasteiger partial charge in [-0.1, -0.05) is 58.5 Å². The quantitative estimate of drug-likeness (QED) is 0.351. The summed E-state index contributed by atoms with van der Waals surface area (Å²) in [6.07, 6.45) is 0.